The highest BCUT2D eigenvalue weighted by Gasteiger charge is 2.45. The quantitative estimate of drug-likeness (QED) is 0.282. The summed E-state index contributed by atoms with van der Waals surface area (Å²) in [6.45, 7) is 1.44. The SMILES string of the molecule is CCCCCCCCC(=O)OP(=O)([O-])OC[C@H]1O[C@@H](n2cnc3c(N)ncnc32)[C@H](O)[C@@H]1O. The molecule has 13 nitrogen and oxygen atoms in total. The smallest absolute Gasteiger partial charge is 0.322 e. The van der Waals surface area contributed by atoms with E-state index in [1.807, 2.05) is 0 Å². The number of nitrogens with two attached hydrogens (primary N) is 1. The second-order valence-corrected chi connectivity index (χ2v) is 9.19. The molecule has 3 heterocycles. The molecule has 33 heavy (non-hydrogen) atoms. The summed E-state index contributed by atoms with van der Waals surface area (Å²) in [4.78, 5) is 35.7. The molecule has 0 amide bonds. The van der Waals surface area contributed by atoms with Gasteiger partial charge in [-0.3, -0.25) is 13.9 Å². The number of fused-ring (bicyclic) bond motifs is 1. The number of ether oxygens (including phenoxy) is 1. The van der Waals surface area contributed by atoms with E-state index in [1.54, 1.807) is 0 Å². The highest BCUT2D eigenvalue weighted by Crippen LogP contribution is 2.41. The molecule has 0 spiro atoms. The van der Waals surface area contributed by atoms with E-state index >= 15 is 0 Å². The van der Waals surface area contributed by atoms with Gasteiger partial charge in [-0.25, -0.2) is 15.0 Å². The summed E-state index contributed by atoms with van der Waals surface area (Å²) in [5.74, 6) is -0.779. The van der Waals surface area contributed by atoms with Crippen LogP contribution in [0.5, 0.6) is 0 Å². The zero-order valence-electron chi connectivity index (χ0n) is 18.3. The molecule has 1 aliphatic rings. The largest absolute Gasteiger partial charge is 0.746 e. The highest BCUT2D eigenvalue weighted by atomic mass is 31.2. The fourth-order valence-electron chi connectivity index (χ4n) is 3.56. The van der Waals surface area contributed by atoms with Gasteiger partial charge in [0.2, 0.25) is 0 Å². The lowest BCUT2D eigenvalue weighted by Crippen LogP contribution is -2.34. The van der Waals surface area contributed by atoms with Crippen molar-refractivity contribution in [1.29, 1.82) is 0 Å². The molecule has 5 atom stereocenters. The average Bonchev–Trinajstić information content (AvgIpc) is 3.31. The third kappa shape index (κ3) is 6.46. The van der Waals surface area contributed by atoms with Crippen LogP contribution < -0.4 is 10.6 Å². The van der Waals surface area contributed by atoms with Crippen molar-refractivity contribution in [2.45, 2.75) is 76.4 Å². The van der Waals surface area contributed by atoms with Crippen molar-refractivity contribution in [3.63, 3.8) is 0 Å². The third-order valence-electron chi connectivity index (χ3n) is 5.34. The predicted molar refractivity (Wildman–Crippen MR) is 113 cm³/mol. The summed E-state index contributed by atoms with van der Waals surface area (Å²) in [6.07, 6.45) is 2.81. The van der Waals surface area contributed by atoms with Gasteiger partial charge in [0, 0.05) is 6.42 Å². The average molecular weight is 486 g/mol. The number of hydrogen-bond donors (Lipinski definition) is 3. The van der Waals surface area contributed by atoms with Gasteiger partial charge in [0.25, 0.3) is 0 Å². The van der Waals surface area contributed by atoms with Crippen molar-refractivity contribution >= 4 is 30.8 Å². The van der Waals surface area contributed by atoms with Crippen LogP contribution in [0.2, 0.25) is 0 Å². The van der Waals surface area contributed by atoms with Gasteiger partial charge in [-0.05, 0) is 6.42 Å². The first-order valence-corrected chi connectivity index (χ1v) is 12.3. The van der Waals surface area contributed by atoms with Gasteiger partial charge in [-0.1, -0.05) is 39.0 Å². The monoisotopic (exact) mass is 486 g/mol. The van der Waals surface area contributed by atoms with Crippen LogP contribution in [-0.2, 0) is 23.1 Å². The zero-order valence-corrected chi connectivity index (χ0v) is 19.2. The molecule has 0 aliphatic carbocycles. The predicted octanol–water partition coefficient (Wildman–Crippen LogP) is 0.806. The maximum atomic E-state index is 12.0. The lowest BCUT2D eigenvalue weighted by molar-refractivity contribution is -0.227. The number of carbonyl (C=O) groups excluding carboxylic acids is 1. The van der Waals surface area contributed by atoms with E-state index in [0.29, 0.717) is 6.42 Å². The second-order valence-electron chi connectivity index (χ2n) is 7.85. The maximum absolute atomic E-state index is 12.0. The molecule has 1 saturated heterocycles. The number of rotatable bonds is 12. The number of aromatic nitrogens is 4. The van der Waals surface area contributed by atoms with Gasteiger partial charge in [0.05, 0.1) is 12.9 Å². The molecule has 2 aromatic rings. The molecule has 184 valence electrons. The van der Waals surface area contributed by atoms with Gasteiger partial charge in [-0.15, -0.1) is 0 Å². The number of phosphoric ester groups is 1. The van der Waals surface area contributed by atoms with Crippen molar-refractivity contribution in [2.24, 2.45) is 0 Å². The molecular formula is C19H29N5O8P-. The molecule has 4 N–H and O–H groups in total. The summed E-state index contributed by atoms with van der Waals surface area (Å²) in [7, 11) is -4.97. The number of hydrogen-bond acceptors (Lipinski definition) is 12. The molecule has 1 unspecified atom stereocenters. The Morgan fingerprint density at radius 3 is 2.70 bits per heavy atom. The Balaban J connectivity index is 1.51. The summed E-state index contributed by atoms with van der Waals surface area (Å²) in [5.41, 5.74) is 6.29. The number of phosphoric acid groups is 1. The van der Waals surface area contributed by atoms with Crippen molar-refractivity contribution in [2.75, 3.05) is 12.3 Å². The second kappa shape index (κ2) is 11.3. The van der Waals surface area contributed by atoms with Gasteiger partial charge in [-0.2, -0.15) is 0 Å². The summed E-state index contributed by atoms with van der Waals surface area (Å²) >= 11 is 0. The number of nitrogens with zero attached hydrogens (tertiary/aromatic N) is 4. The number of unbranched alkanes of at least 4 members (excludes halogenated alkanes) is 5. The van der Waals surface area contributed by atoms with Crippen molar-refractivity contribution in [3.8, 4) is 0 Å². The third-order valence-corrected chi connectivity index (χ3v) is 6.24. The molecule has 1 fully saturated rings. The summed E-state index contributed by atoms with van der Waals surface area (Å²) < 4.78 is 28.1. The number of imidazole rings is 1. The number of carbonyl (C=O) groups is 1. The normalized spacial score (nSPS) is 24.7. The van der Waals surface area contributed by atoms with E-state index in [2.05, 4.69) is 26.4 Å². The van der Waals surface area contributed by atoms with Gasteiger partial charge in [0.1, 0.15) is 30.2 Å². The van der Waals surface area contributed by atoms with Crippen molar-refractivity contribution in [1.82, 2.24) is 19.5 Å². The van der Waals surface area contributed by atoms with E-state index in [4.69, 9.17) is 15.0 Å². The molecule has 0 radical (unpaired) electrons. The molecule has 2 aromatic heterocycles. The van der Waals surface area contributed by atoms with Crippen LogP contribution >= 0.6 is 7.82 Å². The zero-order chi connectivity index (χ0) is 24.0. The highest BCUT2D eigenvalue weighted by molar-refractivity contribution is 7.46. The van der Waals surface area contributed by atoms with Crippen molar-refractivity contribution in [3.05, 3.63) is 12.7 Å². The first-order valence-electron chi connectivity index (χ1n) is 10.9. The summed E-state index contributed by atoms with van der Waals surface area (Å²) in [6, 6.07) is 0. The number of nitrogen functional groups attached to an aromatic ring is 1. The molecule has 0 aromatic carbocycles. The molecule has 14 heteroatoms. The molecule has 0 saturated carbocycles. The van der Waals surface area contributed by atoms with Crippen LogP contribution in [-0.4, -0.2) is 60.6 Å². The number of anilines is 1. The van der Waals surface area contributed by atoms with E-state index in [9.17, 15) is 24.5 Å². The lowest BCUT2D eigenvalue weighted by atomic mass is 10.1. The number of aliphatic hydroxyl groups excluding tert-OH is 2. The maximum Gasteiger partial charge on any atom is 0.322 e. The van der Waals surface area contributed by atoms with E-state index in [1.165, 1.54) is 17.2 Å². The Morgan fingerprint density at radius 1 is 1.21 bits per heavy atom. The van der Waals surface area contributed by atoms with Gasteiger partial charge < -0.3 is 34.6 Å². The van der Waals surface area contributed by atoms with Crippen molar-refractivity contribution < 1.29 is 38.3 Å². The first kappa shape index (κ1) is 25.5. The minimum absolute atomic E-state index is 0.0379. The minimum atomic E-state index is -4.97. The Hall–Kier alpha value is -2.15. The lowest BCUT2D eigenvalue weighted by Gasteiger charge is -2.24. The fraction of sp³-hybridized carbons (Fsp3) is 0.684. The van der Waals surface area contributed by atoms with E-state index in [-0.39, 0.29) is 23.4 Å². The fourth-order valence-corrected chi connectivity index (χ4v) is 4.29. The Kier molecular flexibility index (Phi) is 8.74. The molecule has 1 aliphatic heterocycles. The molecule has 0 bridgehead atoms. The van der Waals surface area contributed by atoms with E-state index < -0.39 is 44.9 Å². The van der Waals surface area contributed by atoms with Crippen LogP contribution in [0, 0.1) is 0 Å². The minimum Gasteiger partial charge on any atom is -0.746 e. The Bertz CT molecular complexity index is 988. The van der Waals surface area contributed by atoms with Crippen LogP contribution in [0.15, 0.2) is 12.7 Å². The van der Waals surface area contributed by atoms with Crippen LogP contribution in [0.1, 0.15) is 58.1 Å². The first-order chi connectivity index (χ1) is 15.7. The van der Waals surface area contributed by atoms with Gasteiger partial charge in [0.15, 0.2) is 17.7 Å². The van der Waals surface area contributed by atoms with E-state index in [0.717, 1.165) is 32.1 Å². The Morgan fingerprint density at radius 2 is 1.94 bits per heavy atom. The summed E-state index contributed by atoms with van der Waals surface area (Å²) in [5, 5.41) is 20.7. The Labute approximate surface area is 190 Å². The molecular weight excluding hydrogens is 457 g/mol. The molecule has 3 rings (SSSR count). The topological polar surface area (TPSA) is 195 Å². The van der Waals surface area contributed by atoms with Crippen LogP contribution in [0.25, 0.3) is 11.2 Å². The number of aliphatic hydroxyl groups is 2. The van der Waals surface area contributed by atoms with Crippen LogP contribution in [0.3, 0.4) is 0 Å². The van der Waals surface area contributed by atoms with Gasteiger partial charge >= 0.3 is 13.8 Å². The van der Waals surface area contributed by atoms with Crippen LogP contribution in [0.4, 0.5) is 5.82 Å². The standard InChI is InChI=1S/C19H30N5O8P/c1-2-3-4-5-6-7-8-13(25)32-33(28,29)30-9-12-15(26)16(27)19(31-12)24-11-23-14-17(20)21-10-22-18(14)24/h10-12,15-16,19,26-27H,2-9H2,1H3,(H,28,29)(H2,20,21,22)/p-1/t12-,15-,16-,19-/m1/s1.